The maximum absolute atomic E-state index is 11.1. The number of ketones is 1. The van der Waals surface area contributed by atoms with Crippen molar-refractivity contribution in [3.05, 3.63) is 0 Å². The molecule has 66 valence electrons. The molecule has 0 saturated heterocycles. The highest BCUT2D eigenvalue weighted by atomic mass is 32.2. The Balaban J connectivity index is 3.32. The van der Waals surface area contributed by atoms with Crippen LogP contribution in [0.25, 0.3) is 0 Å². The van der Waals surface area contributed by atoms with E-state index >= 15 is 0 Å². The second-order valence-corrected chi connectivity index (χ2v) is 4.56. The zero-order chi connectivity index (χ0) is 8.85. The minimum absolute atomic E-state index is 0.203. The average molecular weight is 174 g/mol. The van der Waals surface area contributed by atoms with E-state index in [9.17, 15) is 4.79 Å². The van der Waals surface area contributed by atoms with Crippen molar-refractivity contribution in [2.75, 3.05) is 11.5 Å². The van der Waals surface area contributed by atoms with E-state index in [0.29, 0.717) is 17.5 Å². The van der Waals surface area contributed by atoms with E-state index in [4.69, 9.17) is 0 Å². The van der Waals surface area contributed by atoms with Crippen LogP contribution in [0.5, 0.6) is 0 Å². The SMILES string of the molecule is CC(C)CSCC(=O)C(C)C. The van der Waals surface area contributed by atoms with Crippen molar-refractivity contribution in [2.45, 2.75) is 27.7 Å². The van der Waals surface area contributed by atoms with Gasteiger partial charge in [-0.05, 0) is 11.7 Å². The van der Waals surface area contributed by atoms with Crippen LogP contribution in [-0.2, 0) is 4.79 Å². The summed E-state index contributed by atoms with van der Waals surface area (Å²) in [4.78, 5) is 11.1. The summed E-state index contributed by atoms with van der Waals surface area (Å²) < 4.78 is 0. The maximum atomic E-state index is 11.1. The van der Waals surface area contributed by atoms with Gasteiger partial charge in [-0.3, -0.25) is 4.79 Å². The first kappa shape index (κ1) is 11.0. The van der Waals surface area contributed by atoms with Gasteiger partial charge in [0.05, 0.1) is 5.75 Å². The molecule has 0 aromatic carbocycles. The van der Waals surface area contributed by atoms with Crippen LogP contribution in [-0.4, -0.2) is 17.3 Å². The molecule has 0 aromatic rings. The van der Waals surface area contributed by atoms with Crippen LogP contribution >= 0.6 is 11.8 Å². The van der Waals surface area contributed by atoms with Gasteiger partial charge >= 0.3 is 0 Å². The molecule has 1 nitrogen and oxygen atoms in total. The minimum atomic E-state index is 0.203. The minimum Gasteiger partial charge on any atom is -0.298 e. The number of carbonyl (C=O) groups is 1. The van der Waals surface area contributed by atoms with Gasteiger partial charge in [0.1, 0.15) is 5.78 Å². The van der Waals surface area contributed by atoms with Gasteiger partial charge in [-0.15, -0.1) is 0 Å². The van der Waals surface area contributed by atoms with E-state index < -0.39 is 0 Å². The number of hydrogen-bond acceptors (Lipinski definition) is 2. The molecule has 0 aliphatic carbocycles. The van der Waals surface area contributed by atoms with Gasteiger partial charge in [0, 0.05) is 5.92 Å². The Kier molecular flexibility index (Phi) is 5.65. The fourth-order valence-electron chi connectivity index (χ4n) is 0.562. The van der Waals surface area contributed by atoms with Gasteiger partial charge in [0.25, 0.3) is 0 Å². The van der Waals surface area contributed by atoms with Crippen molar-refractivity contribution in [1.29, 1.82) is 0 Å². The fourth-order valence-corrected chi connectivity index (χ4v) is 1.69. The Morgan fingerprint density at radius 1 is 1.27 bits per heavy atom. The summed E-state index contributed by atoms with van der Waals surface area (Å²) in [7, 11) is 0. The highest BCUT2D eigenvalue weighted by Gasteiger charge is 2.06. The van der Waals surface area contributed by atoms with Crippen molar-refractivity contribution in [3.8, 4) is 0 Å². The van der Waals surface area contributed by atoms with Crippen LogP contribution in [0.15, 0.2) is 0 Å². The number of rotatable bonds is 5. The third-order valence-electron chi connectivity index (χ3n) is 1.34. The van der Waals surface area contributed by atoms with Crippen molar-refractivity contribution in [1.82, 2.24) is 0 Å². The summed E-state index contributed by atoms with van der Waals surface area (Å²) in [6.07, 6.45) is 0. The van der Waals surface area contributed by atoms with Gasteiger partial charge in [-0.2, -0.15) is 11.8 Å². The van der Waals surface area contributed by atoms with Crippen LogP contribution in [0.1, 0.15) is 27.7 Å². The highest BCUT2D eigenvalue weighted by molar-refractivity contribution is 7.99. The zero-order valence-electron chi connectivity index (χ0n) is 7.89. The quantitative estimate of drug-likeness (QED) is 0.637. The predicted molar refractivity (Wildman–Crippen MR) is 52.0 cm³/mol. The molecule has 0 atom stereocenters. The summed E-state index contributed by atoms with van der Waals surface area (Å²) in [6, 6.07) is 0. The molecular weight excluding hydrogens is 156 g/mol. The molecule has 0 unspecified atom stereocenters. The average Bonchev–Trinajstić information content (AvgIpc) is 1.86. The fraction of sp³-hybridized carbons (Fsp3) is 0.889. The normalized spacial score (nSPS) is 11.1. The van der Waals surface area contributed by atoms with Crippen molar-refractivity contribution >= 4 is 17.5 Å². The largest absolute Gasteiger partial charge is 0.298 e. The Bertz CT molecular complexity index is 119. The second kappa shape index (κ2) is 5.64. The van der Waals surface area contributed by atoms with Gasteiger partial charge in [-0.1, -0.05) is 27.7 Å². The highest BCUT2D eigenvalue weighted by Crippen LogP contribution is 2.09. The number of Topliss-reactive ketones (excluding diaryl/α,β-unsaturated/α-hetero) is 1. The summed E-state index contributed by atoms with van der Waals surface area (Å²) >= 11 is 1.75. The Morgan fingerprint density at radius 3 is 2.18 bits per heavy atom. The molecule has 0 amide bonds. The lowest BCUT2D eigenvalue weighted by molar-refractivity contribution is -0.119. The molecular formula is C9H18OS. The van der Waals surface area contributed by atoms with E-state index in [1.807, 2.05) is 13.8 Å². The van der Waals surface area contributed by atoms with E-state index in [0.717, 1.165) is 5.75 Å². The topological polar surface area (TPSA) is 17.1 Å². The van der Waals surface area contributed by atoms with Crippen LogP contribution in [0.2, 0.25) is 0 Å². The third kappa shape index (κ3) is 6.42. The lowest BCUT2D eigenvalue weighted by Crippen LogP contribution is -2.10. The van der Waals surface area contributed by atoms with Gasteiger partial charge in [0.15, 0.2) is 0 Å². The molecule has 0 aliphatic rings. The molecule has 0 rings (SSSR count). The standard InChI is InChI=1S/C9H18OS/c1-7(2)5-11-6-9(10)8(3)4/h7-8H,5-6H2,1-4H3. The second-order valence-electron chi connectivity index (χ2n) is 3.53. The monoisotopic (exact) mass is 174 g/mol. The first-order valence-corrected chi connectivity index (χ1v) is 5.30. The summed E-state index contributed by atoms with van der Waals surface area (Å²) in [5.41, 5.74) is 0. The maximum Gasteiger partial charge on any atom is 0.145 e. The molecule has 0 N–H and O–H groups in total. The van der Waals surface area contributed by atoms with Crippen molar-refractivity contribution in [3.63, 3.8) is 0 Å². The molecule has 0 bridgehead atoms. The van der Waals surface area contributed by atoms with Gasteiger partial charge < -0.3 is 0 Å². The molecule has 11 heavy (non-hydrogen) atoms. The summed E-state index contributed by atoms with van der Waals surface area (Å²) in [6.45, 7) is 8.26. The van der Waals surface area contributed by atoms with Crippen LogP contribution in [0.3, 0.4) is 0 Å². The van der Waals surface area contributed by atoms with E-state index in [1.54, 1.807) is 11.8 Å². The van der Waals surface area contributed by atoms with Gasteiger partial charge in [-0.25, -0.2) is 0 Å². The number of thioether (sulfide) groups is 1. The Labute approximate surface area is 73.9 Å². The Morgan fingerprint density at radius 2 is 1.82 bits per heavy atom. The first-order valence-electron chi connectivity index (χ1n) is 4.14. The zero-order valence-corrected chi connectivity index (χ0v) is 8.70. The predicted octanol–water partition coefficient (Wildman–Crippen LogP) is 2.60. The molecule has 0 spiro atoms. The first-order chi connectivity index (χ1) is 5.04. The van der Waals surface area contributed by atoms with Crippen LogP contribution < -0.4 is 0 Å². The van der Waals surface area contributed by atoms with E-state index in [-0.39, 0.29) is 5.92 Å². The van der Waals surface area contributed by atoms with Crippen molar-refractivity contribution < 1.29 is 4.79 Å². The number of hydrogen-bond donors (Lipinski definition) is 0. The molecule has 2 heteroatoms. The summed E-state index contributed by atoms with van der Waals surface area (Å²) in [5, 5.41) is 0. The smallest absolute Gasteiger partial charge is 0.145 e. The molecule has 0 heterocycles. The molecule has 0 radical (unpaired) electrons. The van der Waals surface area contributed by atoms with Crippen LogP contribution in [0.4, 0.5) is 0 Å². The van der Waals surface area contributed by atoms with Gasteiger partial charge in [0.2, 0.25) is 0 Å². The molecule has 0 saturated carbocycles. The van der Waals surface area contributed by atoms with E-state index in [1.165, 1.54) is 0 Å². The van der Waals surface area contributed by atoms with E-state index in [2.05, 4.69) is 13.8 Å². The lowest BCUT2D eigenvalue weighted by atomic mass is 10.1. The Hall–Kier alpha value is 0.0200. The van der Waals surface area contributed by atoms with Crippen molar-refractivity contribution in [2.24, 2.45) is 11.8 Å². The molecule has 0 aliphatic heterocycles. The number of carbonyl (C=O) groups excluding carboxylic acids is 1. The lowest BCUT2D eigenvalue weighted by Gasteiger charge is -2.05. The summed E-state index contributed by atoms with van der Waals surface area (Å²) in [5.74, 6) is 3.05. The van der Waals surface area contributed by atoms with Crippen LogP contribution in [0, 0.1) is 11.8 Å². The molecule has 0 aromatic heterocycles. The third-order valence-corrected chi connectivity index (χ3v) is 2.73. The molecule has 0 fully saturated rings.